The molecule has 60 valence electrons. The van der Waals surface area contributed by atoms with E-state index in [9.17, 15) is 4.79 Å². The molecule has 0 aromatic rings. The Morgan fingerprint density at radius 2 is 2.27 bits per heavy atom. The largest absolute Gasteiger partial charge is 0.273 e. The van der Waals surface area contributed by atoms with Gasteiger partial charge in [0.2, 0.25) is 5.91 Å². The first-order valence-corrected chi connectivity index (χ1v) is 4.11. The lowest BCUT2D eigenvalue weighted by Crippen LogP contribution is -2.34. The summed E-state index contributed by atoms with van der Waals surface area (Å²) in [6.45, 7) is 1.93. The molecule has 0 saturated carbocycles. The van der Waals surface area contributed by atoms with Gasteiger partial charge in [0.05, 0.1) is 0 Å². The fraction of sp³-hybridized carbons (Fsp3) is 0.625. The summed E-state index contributed by atoms with van der Waals surface area (Å²) >= 11 is 0. The Bertz CT molecular complexity index is 200. The van der Waals surface area contributed by atoms with E-state index in [0.29, 0.717) is 6.42 Å². The molecule has 0 aliphatic carbocycles. The third-order valence-electron chi connectivity index (χ3n) is 2.18. The molecule has 0 bridgehead atoms. The van der Waals surface area contributed by atoms with Crippen LogP contribution in [0.1, 0.15) is 19.3 Å². The fourth-order valence-electron chi connectivity index (χ4n) is 1.57. The Morgan fingerprint density at radius 1 is 1.36 bits per heavy atom. The summed E-state index contributed by atoms with van der Waals surface area (Å²) in [5.74, 6) is 0.239. The van der Waals surface area contributed by atoms with Gasteiger partial charge in [-0.1, -0.05) is 6.08 Å². The number of nitrogens with zero attached hydrogens (tertiary/aromatic N) is 2. The van der Waals surface area contributed by atoms with Crippen LogP contribution in [0.15, 0.2) is 12.3 Å². The summed E-state index contributed by atoms with van der Waals surface area (Å²) in [6.07, 6.45) is 6.93. The Morgan fingerprint density at radius 3 is 3.18 bits per heavy atom. The third kappa shape index (κ3) is 1.16. The maximum atomic E-state index is 11.2. The molecule has 0 N–H and O–H groups in total. The van der Waals surface area contributed by atoms with Crippen molar-refractivity contribution in [2.45, 2.75) is 19.3 Å². The van der Waals surface area contributed by atoms with Gasteiger partial charge >= 0.3 is 0 Å². The molecule has 2 aliphatic rings. The highest BCUT2D eigenvalue weighted by Gasteiger charge is 2.27. The second-order valence-corrected chi connectivity index (χ2v) is 2.97. The second kappa shape index (κ2) is 2.66. The van der Waals surface area contributed by atoms with Gasteiger partial charge in [-0.3, -0.25) is 9.80 Å². The fourth-order valence-corrected chi connectivity index (χ4v) is 1.57. The normalized spacial score (nSPS) is 25.5. The van der Waals surface area contributed by atoms with E-state index in [0.717, 1.165) is 19.5 Å². The first-order valence-electron chi connectivity index (χ1n) is 4.11. The summed E-state index contributed by atoms with van der Waals surface area (Å²) in [4.78, 5) is 11.2. The number of amides is 1. The van der Waals surface area contributed by atoms with Gasteiger partial charge < -0.3 is 0 Å². The molecule has 1 amide bonds. The van der Waals surface area contributed by atoms with Gasteiger partial charge in [0, 0.05) is 25.7 Å². The van der Waals surface area contributed by atoms with E-state index in [1.807, 2.05) is 6.20 Å². The van der Waals surface area contributed by atoms with Gasteiger partial charge in [-0.15, -0.1) is 0 Å². The highest BCUT2D eigenvalue weighted by molar-refractivity contribution is 5.78. The lowest BCUT2D eigenvalue weighted by Gasteiger charge is -2.22. The zero-order valence-corrected chi connectivity index (χ0v) is 6.49. The van der Waals surface area contributed by atoms with Gasteiger partial charge in [0.1, 0.15) is 0 Å². The zero-order chi connectivity index (χ0) is 7.68. The zero-order valence-electron chi connectivity index (χ0n) is 6.49. The minimum Gasteiger partial charge on any atom is -0.273 e. The van der Waals surface area contributed by atoms with Gasteiger partial charge in [-0.2, -0.15) is 0 Å². The van der Waals surface area contributed by atoms with Gasteiger partial charge in [-0.05, 0) is 12.8 Å². The molecule has 0 atom stereocenters. The van der Waals surface area contributed by atoms with Crippen molar-refractivity contribution < 1.29 is 4.79 Å². The maximum Gasteiger partial charge on any atom is 0.242 e. The van der Waals surface area contributed by atoms with Crippen molar-refractivity contribution in [1.82, 2.24) is 10.0 Å². The van der Waals surface area contributed by atoms with Crippen molar-refractivity contribution in [2.24, 2.45) is 0 Å². The van der Waals surface area contributed by atoms with E-state index in [2.05, 4.69) is 11.1 Å². The molecule has 0 unspecified atom stereocenters. The molecule has 11 heavy (non-hydrogen) atoms. The van der Waals surface area contributed by atoms with Crippen molar-refractivity contribution in [2.75, 3.05) is 13.1 Å². The average molecular weight is 152 g/mol. The van der Waals surface area contributed by atoms with E-state index in [4.69, 9.17) is 0 Å². The molecule has 0 spiro atoms. The Hall–Kier alpha value is -0.830. The molecule has 0 radical (unpaired) electrons. The van der Waals surface area contributed by atoms with E-state index < -0.39 is 0 Å². The molecule has 1 saturated heterocycles. The van der Waals surface area contributed by atoms with E-state index in [1.54, 1.807) is 5.01 Å². The number of fused-ring (bicyclic) bond motifs is 1. The molecular weight excluding hydrogens is 140 g/mol. The van der Waals surface area contributed by atoms with Crippen molar-refractivity contribution >= 4 is 5.91 Å². The standard InChI is InChI=1S/C8H12N2O/c11-8-4-7-9-5-2-1-3-6-10(8)9/h3,6H,1-2,4-5,7H2. The van der Waals surface area contributed by atoms with Crippen LogP contribution in [0.25, 0.3) is 0 Å². The van der Waals surface area contributed by atoms with Crippen LogP contribution in [-0.2, 0) is 4.79 Å². The third-order valence-corrected chi connectivity index (χ3v) is 2.18. The predicted octanol–water partition coefficient (Wildman–Crippen LogP) is 0.743. The highest BCUT2D eigenvalue weighted by Crippen LogP contribution is 2.16. The van der Waals surface area contributed by atoms with Crippen LogP contribution in [0.2, 0.25) is 0 Å². The first-order chi connectivity index (χ1) is 5.38. The van der Waals surface area contributed by atoms with Crippen LogP contribution in [0.4, 0.5) is 0 Å². The minimum atomic E-state index is 0.239. The van der Waals surface area contributed by atoms with E-state index >= 15 is 0 Å². The molecular formula is C8H12N2O. The number of carbonyl (C=O) groups excluding carboxylic acids is 1. The lowest BCUT2D eigenvalue weighted by molar-refractivity contribution is -0.132. The number of allylic oxidation sites excluding steroid dienone is 1. The molecule has 0 aromatic heterocycles. The summed E-state index contributed by atoms with van der Waals surface area (Å²) in [5.41, 5.74) is 0. The van der Waals surface area contributed by atoms with Crippen LogP contribution in [0.5, 0.6) is 0 Å². The van der Waals surface area contributed by atoms with Gasteiger partial charge in [0.25, 0.3) is 0 Å². The van der Waals surface area contributed by atoms with Gasteiger partial charge in [0.15, 0.2) is 0 Å². The summed E-state index contributed by atoms with van der Waals surface area (Å²) in [7, 11) is 0. The number of hydrogen-bond donors (Lipinski definition) is 0. The summed E-state index contributed by atoms with van der Waals surface area (Å²) < 4.78 is 0. The van der Waals surface area contributed by atoms with Gasteiger partial charge in [-0.25, -0.2) is 5.01 Å². The Balaban J connectivity index is 2.16. The van der Waals surface area contributed by atoms with Crippen LogP contribution in [-0.4, -0.2) is 29.0 Å². The van der Waals surface area contributed by atoms with Crippen LogP contribution < -0.4 is 0 Å². The van der Waals surface area contributed by atoms with Crippen LogP contribution in [0.3, 0.4) is 0 Å². The highest BCUT2D eigenvalue weighted by atomic mass is 16.2. The monoisotopic (exact) mass is 152 g/mol. The number of carbonyl (C=O) groups is 1. The summed E-state index contributed by atoms with van der Waals surface area (Å²) in [6, 6.07) is 0. The van der Waals surface area contributed by atoms with E-state index in [-0.39, 0.29) is 5.91 Å². The minimum absolute atomic E-state index is 0.239. The second-order valence-electron chi connectivity index (χ2n) is 2.97. The topological polar surface area (TPSA) is 23.6 Å². The Labute approximate surface area is 66.2 Å². The van der Waals surface area contributed by atoms with Crippen LogP contribution >= 0.6 is 0 Å². The molecule has 2 aliphatic heterocycles. The van der Waals surface area contributed by atoms with Crippen molar-refractivity contribution in [1.29, 1.82) is 0 Å². The first kappa shape index (κ1) is 6.85. The molecule has 3 nitrogen and oxygen atoms in total. The van der Waals surface area contributed by atoms with Crippen LogP contribution in [0, 0.1) is 0 Å². The molecule has 2 rings (SSSR count). The average Bonchev–Trinajstić information content (AvgIpc) is 2.25. The molecule has 2 heterocycles. The summed E-state index contributed by atoms with van der Waals surface area (Å²) in [5, 5.41) is 3.87. The van der Waals surface area contributed by atoms with Crippen molar-refractivity contribution in [3.8, 4) is 0 Å². The maximum absolute atomic E-state index is 11.2. The Kier molecular flexibility index (Phi) is 1.66. The molecule has 0 aromatic carbocycles. The molecule has 1 fully saturated rings. The predicted molar refractivity (Wildman–Crippen MR) is 41.4 cm³/mol. The SMILES string of the molecule is O=C1CCN2CCCC=CN12. The van der Waals surface area contributed by atoms with Crippen molar-refractivity contribution in [3.63, 3.8) is 0 Å². The number of rotatable bonds is 0. The quantitative estimate of drug-likeness (QED) is 0.511. The van der Waals surface area contributed by atoms with E-state index in [1.165, 1.54) is 6.42 Å². The number of hydrogen-bond acceptors (Lipinski definition) is 2. The van der Waals surface area contributed by atoms with Crippen molar-refractivity contribution in [3.05, 3.63) is 12.3 Å². The smallest absolute Gasteiger partial charge is 0.242 e. The lowest BCUT2D eigenvalue weighted by atomic mass is 10.3. The number of hydrazine groups is 1. The molecule has 3 heteroatoms.